The number of amides is 2. The monoisotopic (exact) mass is 334 g/mol. The first-order valence-electron chi connectivity index (χ1n) is 6.97. The maximum atomic E-state index is 12.2. The molecule has 22 heavy (non-hydrogen) atoms. The van der Waals surface area contributed by atoms with Gasteiger partial charge in [-0.3, -0.25) is 9.59 Å². The van der Waals surface area contributed by atoms with Crippen molar-refractivity contribution in [3.05, 3.63) is 58.3 Å². The smallest absolute Gasteiger partial charge is 0.251 e. The summed E-state index contributed by atoms with van der Waals surface area (Å²) in [5.41, 5.74) is 0.540. The number of hydrogen-bond acceptors (Lipinski definition) is 4. The summed E-state index contributed by atoms with van der Waals surface area (Å²) in [6, 6.07) is 12.2. The van der Waals surface area contributed by atoms with Gasteiger partial charge in [0.05, 0.1) is 6.54 Å². The summed E-state index contributed by atoms with van der Waals surface area (Å²) in [4.78, 5) is 25.5. The number of carbonyl (C=O) groups excluding carboxylic acids is 2. The van der Waals surface area contributed by atoms with Crippen molar-refractivity contribution in [1.29, 1.82) is 0 Å². The largest absolute Gasteiger partial charge is 0.349 e. The van der Waals surface area contributed by atoms with E-state index in [4.69, 9.17) is 0 Å². The van der Waals surface area contributed by atoms with Gasteiger partial charge in [-0.05, 0) is 35.8 Å². The molecule has 4 nitrogen and oxygen atoms in total. The Labute approximate surface area is 139 Å². The molecule has 1 atom stereocenters. The molecule has 0 spiro atoms. The Hall–Kier alpha value is -1.79. The molecule has 0 saturated heterocycles. The lowest BCUT2D eigenvalue weighted by Crippen LogP contribution is -2.46. The van der Waals surface area contributed by atoms with Crippen LogP contribution < -0.4 is 10.6 Å². The zero-order chi connectivity index (χ0) is 15.8. The van der Waals surface area contributed by atoms with Gasteiger partial charge < -0.3 is 10.6 Å². The lowest BCUT2D eigenvalue weighted by atomic mass is 10.1. The Kier molecular flexibility index (Phi) is 6.48. The third kappa shape index (κ3) is 4.89. The molecule has 0 bridgehead atoms. The molecule has 6 heteroatoms. The van der Waals surface area contributed by atoms with E-state index in [1.165, 1.54) is 0 Å². The highest BCUT2D eigenvalue weighted by atomic mass is 32.1. The van der Waals surface area contributed by atoms with Gasteiger partial charge in [0.15, 0.2) is 0 Å². The van der Waals surface area contributed by atoms with Crippen molar-refractivity contribution >= 4 is 35.8 Å². The molecule has 0 aliphatic heterocycles. The Bertz CT molecular complexity index is 600. The molecule has 2 rings (SSSR count). The molecule has 1 aromatic carbocycles. The third-order valence-corrected chi connectivity index (χ3v) is 4.23. The molecule has 1 aromatic heterocycles. The maximum absolute atomic E-state index is 12.2. The van der Waals surface area contributed by atoms with Gasteiger partial charge >= 0.3 is 0 Å². The summed E-state index contributed by atoms with van der Waals surface area (Å²) in [5, 5.41) is 7.58. The van der Waals surface area contributed by atoms with Crippen molar-refractivity contribution in [3.8, 4) is 0 Å². The zero-order valence-corrected chi connectivity index (χ0v) is 13.7. The molecule has 2 N–H and O–H groups in total. The van der Waals surface area contributed by atoms with Crippen LogP contribution in [-0.2, 0) is 11.3 Å². The van der Waals surface area contributed by atoms with E-state index in [1.54, 1.807) is 35.6 Å². The Morgan fingerprint density at radius 2 is 1.91 bits per heavy atom. The van der Waals surface area contributed by atoms with Crippen LogP contribution >= 0.6 is 24.0 Å². The third-order valence-electron chi connectivity index (χ3n) is 3.09. The standard InChI is InChI=1S/C16H18N2O2S2/c19-15(12-5-2-1-3-6-12)18-14(8-9-21)16(20)17-11-13-7-4-10-22-13/h1-7,10,14,21H,8-9,11H2,(H,17,20)(H,18,19). The fourth-order valence-corrected chi connectivity index (χ4v) is 2.84. The lowest BCUT2D eigenvalue weighted by molar-refractivity contribution is -0.123. The maximum Gasteiger partial charge on any atom is 0.251 e. The number of benzene rings is 1. The minimum absolute atomic E-state index is 0.188. The number of carbonyl (C=O) groups is 2. The van der Waals surface area contributed by atoms with Crippen LogP contribution in [0.5, 0.6) is 0 Å². The molecule has 2 amide bonds. The van der Waals surface area contributed by atoms with Gasteiger partial charge in [0.2, 0.25) is 5.91 Å². The second kappa shape index (κ2) is 8.60. The summed E-state index contributed by atoms with van der Waals surface area (Å²) in [5.74, 6) is 0.0805. The van der Waals surface area contributed by atoms with Gasteiger partial charge in [0.1, 0.15) is 6.04 Å². The number of thiol groups is 1. The topological polar surface area (TPSA) is 58.2 Å². The van der Waals surface area contributed by atoms with Gasteiger partial charge in [-0.1, -0.05) is 24.3 Å². The van der Waals surface area contributed by atoms with Crippen LogP contribution in [0.2, 0.25) is 0 Å². The minimum Gasteiger partial charge on any atom is -0.349 e. The first-order valence-corrected chi connectivity index (χ1v) is 8.49. The Balaban J connectivity index is 1.93. The normalized spacial score (nSPS) is 11.7. The molecular weight excluding hydrogens is 316 g/mol. The quantitative estimate of drug-likeness (QED) is 0.681. The van der Waals surface area contributed by atoms with Crippen LogP contribution in [0.15, 0.2) is 47.8 Å². The molecule has 2 aromatic rings. The van der Waals surface area contributed by atoms with Crippen molar-refractivity contribution in [2.24, 2.45) is 0 Å². The predicted molar refractivity (Wildman–Crippen MR) is 92.3 cm³/mol. The molecule has 1 heterocycles. The van der Waals surface area contributed by atoms with Crippen molar-refractivity contribution in [2.45, 2.75) is 19.0 Å². The summed E-state index contributed by atoms with van der Waals surface area (Å²) in [7, 11) is 0. The van der Waals surface area contributed by atoms with E-state index < -0.39 is 6.04 Å². The molecule has 0 aliphatic carbocycles. The first kappa shape index (κ1) is 16.6. The van der Waals surface area contributed by atoms with E-state index in [1.807, 2.05) is 23.6 Å². The summed E-state index contributed by atoms with van der Waals surface area (Å²) in [6.07, 6.45) is 0.484. The fraction of sp³-hybridized carbons (Fsp3) is 0.250. The molecule has 0 saturated carbocycles. The molecule has 1 unspecified atom stereocenters. The van der Waals surface area contributed by atoms with Gasteiger partial charge in [-0.25, -0.2) is 0 Å². The fourth-order valence-electron chi connectivity index (χ4n) is 1.94. The highest BCUT2D eigenvalue weighted by molar-refractivity contribution is 7.80. The number of thiophene rings is 1. The predicted octanol–water partition coefficient (Wildman–Crippen LogP) is 2.48. The lowest BCUT2D eigenvalue weighted by Gasteiger charge is -2.17. The van der Waals surface area contributed by atoms with Crippen LogP contribution in [0.4, 0.5) is 0 Å². The van der Waals surface area contributed by atoms with E-state index in [9.17, 15) is 9.59 Å². The van der Waals surface area contributed by atoms with Crippen LogP contribution in [0.1, 0.15) is 21.7 Å². The number of hydrogen-bond donors (Lipinski definition) is 3. The van der Waals surface area contributed by atoms with Gasteiger partial charge in [0.25, 0.3) is 5.91 Å². The van der Waals surface area contributed by atoms with Crippen molar-refractivity contribution in [3.63, 3.8) is 0 Å². The Morgan fingerprint density at radius 3 is 2.55 bits per heavy atom. The summed E-state index contributed by atoms with van der Waals surface area (Å²) in [6.45, 7) is 0.473. The highest BCUT2D eigenvalue weighted by Crippen LogP contribution is 2.08. The average molecular weight is 334 g/mol. The SMILES string of the molecule is O=C(NC(CCS)C(=O)NCc1cccs1)c1ccccc1. The first-order chi connectivity index (χ1) is 10.7. The Morgan fingerprint density at radius 1 is 1.14 bits per heavy atom. The number of nitrogens with one attached hydrogen (secondary N) is 2. The van der Waals surface area contributed by atoms with E-state index in [0.29, 0.717) is 24.3 Å². The zero-order valence-electron chi connectivity index (χ0n) is 12.0. The van der Waals surface area contributed by atoms with E-state index in [-0.39, 0.29) is 11.8 Å². The second-order valence-electron chi connectivity index (χ2n) is 4.70. The molecular formula is C16H18N2O2S2. The van der Waals surface area contributed by atoms with E-state index in [2.05, 4.69) is 23.3 Å². The van der Waals surface area contributed by atoms with Crippen LogP contribution in [-0.4, -0.2) is 23.6 Å². The minimum atomic E-state index is -0.579. The number of rotatable bonds is 7. The van der Waals surface area contributed by atoms with Gasteiger partial charge in [-0.2, -0.15) is 12.6 Å². The van der Waals surface area contributed by atoms with Crippen LogP contribution in [0.3, 0.4) is 0 Å². The molecule has 0 fully saturated rings. The second-order valence-corrected chi connectivity index (χ2v) is 6.18. The van der Waals surface area contributed by atoms with Crippen LogP contribution in [0, 0.1) is 0 Å². The summed E-state index contributed by atoms with van der Waals surface area (Å²) >= 11 is 5.75. The summed E-state index contributed by atoms with van der Waals surface area (Å²) < 4.78 is 0. The van der Waals surface area contributed by atoms with E-state index in [0.717, 1.165) is 4.88 Å². The van der Waals surface area contributed by atoms with E-state index >= 15 is 0 Å². The molecule has 116 valence electrons. The van der Waals surface area contributed by atoms with Crippen LogP contribution in [0.25, 0.3) is 0 Å². The average Bonchev–Trinajstić information content (AvgIpc) is 3.06. The molecule has 0 aliphatic rings. The van der Waals surface area contributed by atoms with Crippen molar-refractivity contribution in [2.75, 3.05) is 5.75 Å². The molecule has 0 radical (unpaired) electrons. The van der Waals surface area contributed by atoms with Crippen molar-refractivity contribution in [1.82, 2.24) is 10.6 Å². The van der Waals surface area contributed by atoms with Crippen molar-refractivity contribution < 1.29 is 9.59 Å². The highest BCUT2D eigenvalue weighted by Gasteiger charge is 2.20. The van der Waals surface area contributed by atoms with Gasteiger partial charge in [-0.15, -0.1) is 11.3 Å². The van der Waals surface area contributed by atoms with Gasteiger partial charge in [0, 0.05) is 10.4 Å².